The van der Waals surface area contributed by atoms with Crippen LogP contribution in [-0.4, -0.2) is 108 Å². The van der Waals surface area contributed by atoms with Crippen molar-refractivity contribution in [3.05, 3.63) is 81.9 Å². The molecule has 1 atom stereocenters. The first-order valence-electron chi connectivity index (χ1n) is 19.7. The number of likely N-dealkylation sites (N-methyl/N-ethyl adjacent to an activating group) is 1. The number of carbonyl (C=O) groups excluding carboxylic acids is 3. The molecule has 0 spiro atoms. The molecule has 3 fully saturated rings. The number of carbonyl (C=O) groups is 3. The number of halogens is 4. The zero-order chi connectivity index (χ0) is 39.8. The fraction of sp³-hybridized carbons (Fsp3) is 0.452. The van der Waals surface area contributed by atoms with Crippen molar-refractivity contribution in [2.24, 2.45) is 0 Å². The van der Waals surface area contributed by atoms with Gasteiger partial charge in [0, 0.05) is 55.7 Å². The number of aromatic nitrogens is 2. The molecule has 1 unspecified atom stereocenters. The van der Waals surface area contributed by atoms with Crippen LogP contribution in [0.3, 0.4) is 0 Å². The smallest absolute Gasteiger partial charge is 0.255 e. The Balaban J connectivity index is 0.848. The van der Waals surface area contributed by atoms with Gasteiger partial charge in [0.2, 0.25) is 11.8 Å². The second-order valence-corrected chi connectivity index (χ2v) is 15.9. The van der Waals surface area contributed by atoms with E-state index in [0.717, 1.165) is 82.6 Å². The number of unbranched alkanes of at least 4 members (excludes halogenated alkanes) is 2. The van der Waals surface area contributed by atoms with Crippen LogP contribution in [0.1, 0.15) is 72.3 Å². The minimum absolute atomic E-state index is 0.0403. The molecule has 300 valence electrons. The van der Waals surface area contributed by atoms with Crippen LogP contribution >= 0.6 is 11.6 Å². The lowest BCUT2D eigenvalue weighted by Crippen LogP contribution is -2.52. The topological polar surface area (TPSA) is 111 Å². The molecule has 4 aliphatic rings. The summed E-state index contributed by atoms with van der Waals surface area (Å²) in [4.78, 5) is 54.3. The monoisotopic (exact) mass is 803 g/mol. The lowest BCUT2D eigenvalue weighted by Gasteiger charge is -2.33. The number of piperazine rings is 1. The van der Waals surface area contributed by atoms with Crippen LogP contribution in [0, 0.1) is 17.5 Å². The largest absolute Gasteiger partial charge is 0.493 e. The third kappa shape index (κ3) is 7.91. The van der Waals surface area contributed by atoms with Crippen LogP contribution in [-0.2, 0) is 16.1 Å². The van der Waals surface area contributed by atoms with Gasteiger partial charge >= 0.3 is 0 Å². The normalized spacial score (nSPS) is 19.7. The van der Waals surface area contributed by atoms with Gasteiger partial charge in [0.1, 0.15) is 41.1 Å². The van der Waals surface area contributed by atoms with Crippen molar-refractivity contribution in [2.45, 2.75) is 63.5 Å². The van der Waals surface area contributed by atoms with Gasteiger partial charge in [-0.05, 0) is 113 Å². The Morgan fingerprint density at radius 1 is 0.912 bits per heavy atom. The average Bonchev–Trinajstić information content (AvgIpc) is 3.52. The summed E-state index contributed by atoms with van der Waals surface area (Å²) in [5.74, 6) is -2.15. The number of nitrogens with one attached hydrogen (secondary N) is 1. The summed E-state index contributed by atoms with van der Waals surface area (Å²) in [6.45, 7) is 6.19. The number of rotatable bonds is 11. The van der Waals surface area contributed by atoms with E-state index in [-0.39, 0.29) is 64.5 Å². The highest BCUT2D eigenvalue weighted by molar-refractivity contribution is 6.34. The molecule has 0 radical (unpaired) electrons. The summed E-state index contributed by atoms with van der Waals surface area (Å²) in [7, 11) is 2.05. The lowest BCUT2D eigenvalue weighted by molar-refractivity contribution is -0.136. The van der Waals surface area contributed by atoms with E-state index in [0.29, 0.717) is 29.8 Å². The van der Waals surface area contributed by atoms with Crippen LogP contribution in [0.25, 0.3) is 22.0 Å². The minimum Gasteiger partial charge on any atom is -0.493 e. The predicted molar refractivity (Wildman–Crippen MR) is 210 cm³/mol. The first-order valence-corrected chi connectivity index (χ1v) is 20.1. The van der Waals surface area contributed by atoms with Crippen LogP contribution in [0.5, 0.6) is 5.75 Å². The van der Waals surface area contributed by atoms with Crippen LogP contribution in [0.15, 0.2) is 42.7 Å². The summed E-state index contributed by atoms with van der Waals surface area (Å²) in [5.41, 5.74) is 1.85. The number of anilines is 1. The summed E-state index contributed by atoms with van der Waals surface area (Å²) in [5, 5.41) is 2.84. The van der Waals surface area contributed by atoms with Gasteiger partial charge in [0.25, 0.3) is 5.91 Å². The molecule has 0 bridgehead atoms. The second-order valence-electron chi connectivity index (χ2n) is 15.5. The number of nitrogens with zero attached hydrogens (tertiary/aromatic N) is 6. The van der Waals surface area contributed by atoms with E-state index in [1.165, 1.54) is 35.5 Å². The van der Waals surface area contributed by atoms with Crippen molar-refractivity contribution in [1.82, 2.24) is 30.0 Å². The summed E-state index contributed by atoms with van der Waals surface area (Å²) in [6.07, 6.45) is 5.84. The van der Waals surface area contributed by atoms with Crippen LogP contribution in [0.4, 0.5) is 19.0 Å². The van der Waals surface area contributed by atoms with E-state index in [9.17, 15) is 18.8 Å². The molecular formula is C42H45ClF3N7O4. The lowest BCUT2D eigenvalue weighted by atomic mass is 9.85. The maximum Gasteiger partial charge on any atom is 0.255 e. The molecule has 3 amide bonds. The molecule has 1 N–H and O–H groups in total. The number of piperidine rings is 2. The highest BCUT2D eigenvalue weighted by Crippen LogP contribution is 2.43. The molecule has 1 aromatic heterocycles. The van der Waals surface area contributed by atoms with Gasteiger partial charge in [0.15, 0.2) is 5.82 Å². The molecule has 4 aliphatic heterocycles. The minimum atomic E-state index is -0.746. The van der Waals surface area contributed by atoms with Crippen molar-refractivity contribution in [3.8, 4) is 16.9 Å². The van der Waals surface area contributed by atoms with E-state index in [4.69, 9.17) is 16.3 Å². The van der Waals surface area contributed by atoms with Gasteiger partial charge in [-0.1, -0.05) is 17.7 Å². The fourth-order valence-corrected chi connectivity index (χ4v) is 9.05. The number of hydrogen-bond acceptors (Lipinski definition) is 9. The first kappa shape index (κ1) is 39.1. The maximum absolute atomic E-state index is 16.3. The molecule has 4 aromatic rings. The molecule has 57 heavy (non-hydrogen) atoms. The molecule has 5 heterocycles. The Morgan fingerprint density at radius 2 is 1.70 bits per heavy atom. The fourth-order valence-electron chi connectivity index (χ4n) is 8.76. The quantitative estimate of drug-likeness (QED) is 0.138. The van der Waals surface area contributed by atoms with Gasteiger partial charge in [-0.2, -0.15) is 0 Å². The number of amides is 3. The van der Waals surface area contributed by atoms with Crippen molar-refractivity contribution < 1.29 is 32.3 Å². The Morgan fingerprint density at radius 3 is 2.47 bits per heavy atom. The van der Waals surface area contributed by atoms with Crippen molar-refractivity contribution in [3.63, 3.8) is 0 Å². The summed E-state index contributed by atoms with van der Waals surface area (Å²) < 4.78 is 52.7. The third-order valence-electron chi connectivity index (χ3n) is 11.9. The first-order chi connectivity index (χ1) is 27.6. The zero-order valence-corrected chi connectivity index (χ0v) is 32.6. The number of benzene rings is 3. The Hall–Kier alpha value is -4.79. The molecule has 8 rings (SSSR count). The number of likely N-dealkylation sites (tertiary alicyclic amines) is 1. The van der Waals surface area contributed by atoms with Gasteiger partial charge in [-0.15, -0.1) is 0 Å². The van der Waals surface area contributed by atoms with E-state index in [2.05, 4.69) is 37.0 Å². The molecule has 3 saturated heterocycles. The Kier molecular flexibility index (Phi) is 11.4. The van der Waals surface area contributed by atoms with Crippen molar-refractivity contribution in [2.75, 3.05) is 64.4 Å². The van der Waals surface area contributed by atoms with E-state index in [1.807, 2.05) is 0 Å². The number of hydrogen-bond donors (Lipinski definition) is 1. The van der Waals surface area contributed by atoms with Gasteiger partial charge in [0.05, 0.1) is 17.2 Å². The Labute approximate surface area is 334 Å². The highest BCUT2D eigenvalue weighted by atomic mass is 35.5. The molecule has 3 aromatic carbocycles. The molecular weight excluding hydrogens is 759 g/mol. The van der Waals surface area contributed by atoms with Gasteiger partial charge in [-0.3, -0.25) is 19.7 Å². The molecule has 0 aliphatic carbocycles. The van der Waals surface area contributed by atoms with Gasteiger partial charge < -0.3 is 24.3 Å². The number of fused-ring (bicyclic) bond motifs is 2. The second kappa shape index (κ2) is 16.6. The van der Waals surface area contributed by atoms with E-state index in [1.54, 1.807) is 12.1 Å². The third-order valence-corrected chi connectivity index (χ3v) is 12.2. The van der Waals surface area contributed by atoms with Crippen LogP contribution in [0.2, 0.25) is 5.02 Å². The van der Waals surface area contributed by atoms with E-state index >= 15 is 8.78 Å². The van der Waals surface area contributed by atoms with E-state index < -0.39 is 29.4 Å². The maximum atomic E-state index is 16.3. The number of ether oxygens (including phenoxy) is 1. The molecule has 15 heteroatoms. The van der Waals surface area contributed by atoms with Crippen LogP contribution < -0.4 is 15.0 Å². The Bertz CT molecular complexity index is 2210. The number of imide groups is 1. The SMILES string of the molecule is CN1CCN(c2ncnc3c(F)c(-c4c(F)cccc4OCCCCCN4CCC(c5cc(F)cc6c5CN(C5CCC(=O)NC5=O)C6=O)CC4)c(Cl)cc23)CC1. The average molecular weight is 804 g/mol. The van der Waals surface area contributed by atoms with Crippen molar-refractivity contribution >= 4 is 46.0 Å². The zero-order valence-electron chi connectivity index (χ0n) is 31.8. The summed E-state index contributed by atoms with van der Waals surface area (Å²) >= 11 is 6.72. The molecule has 0 saturated carbocycles. The highest BCUT2D eigenvalue weighted by Gasteiger charge is 2.41. The van der Waals surface area contributed by atoms with Gasteiger partial charge in [-0.25, -0.2) is 23.1 Å². The summed E-state index contributed by atoms with van der Waals surface area (Å²) in [6, 6.07) is 8.08. The van der Waals surface area contributed by atoms with Crippen molar-refractivity contribution in [1.29, 1.82) is 0 Å². The molecule has 11 nitrogen and oxygen atoms in total. The standard InChI is InChI=1S/C42H45ClF3N7O4/c1-50-15-17-52(18-16-50)40-29-22-31(43)36(38(46)39(29)47-24-48-40)37-32(45)6-5-7-34(37)57-19-4-2-3-12-51-13-10-25(11-14-51)27-20-26(44)21-28-30(27)23-53(42(28)56)33-8-9-35(54)49-41(33)55/h5-7,20-22,24-25,33H,2-4,8-19,23H2,1H3,(H,49,54,55). The predicted octanol–water partition coefficient (Wildman–Crippen LogP) is 6.31.